The van der Waals surface area contributed by atoms with Crippen LogP contribution in [0, 0.1) is 0 Å². The molecule has 0 aliphatic heterocycles. The number of aliphatic hydroxyl groups is 1. The zero-order valence-electron chi connectivity index (χ0n) is 11.9. The summed E-state index contributed by atoms with van der Waals surface area (Å²) in [7, 11) is 1.51. The van der Waals surface area contributed by atoms with Crippen LogP contribution in [0.5, 0.6) is 0 Å². The molecule has 2 N–H and O–H groups in total. The lowest BCUT2D eigenvalue weighted by Gasteiger charge is -2.36. The zero-order chi connectivity index (χ0) is 15.3. The molecule has 0 saturated heterocycles. The minimum atomic E-state index is -1.01. The number of hydrogen-bond donors (Lipinski definition) is 2. The molecule has 21 heavy (non-hydrogen) atoms. The Morgan fingerprint density at radius 1 is 1.00 bits per heavy atom. The van der Waals surface area contributed by atoms with Crippen molar-refractivity contribution in [1.29, 1.82) is 0 Å². The molecule has 4 nitrogen and oxygen atoms in total. The van der Waals surface area contributed by atoms with Gasteiger partial charge in [-0.15, -0.1) is 0 Å². The van der Waals surface area contributed by atoms with Gasteiger partial charge in [-0.25, -0.2) is 4.79 Å². The third-order valence-corrected chi connectivity index (χ3v) is 3.76. The molecule has 0 bridgehead atoms. The predicted octanol–water partition coefficient (Wildman–Crippen LogP) is 2.57. The summed E-state index contributed by atoms with van der Waals surface area (Å²) in [5.74, 6) is 0. The first-order valence-corrected chi connectivity index (χ1v) is 6.76. The van der Waals surface area contributed by atoms with Crippen molar-refractivity contribution >= 4 is 6.09 Å². The van der Waals surface area contributed by atoms with Gasteiger partial charge in [0.25, 0.3) is 0 Å². The van der Waals surface area contributed by atoms with Gasteiger partial charge >= 0.3 is 6.09 Å². The third kappa shape index (κ3) is 3.06. The summed E-state index contributed by atoms with van der Waals surface area (Å²) in [5.41, 5.74) is 1.02. The molecule has 0 fully saturated rings. The Morgan fingerprint density at radius 2 is 1.43 bits per heavy atom. The molecule has 2 aromatic rings. The van der Waals surface area contributed by atoms with Gasteiger partial charge in [0.15, 0.2) is 0 Å². The van der Waals surface area contributed by atoms with E-state index in [0.29, 0.717) is 0 Å². The normalized spacial score (nSPS) is 11.1. The van der Waals surface area contributed by atoms with E-state index in [-0.39, 0.29) is 13.2 Å². The predicted molar refractivity (Wildman–Crippen MR) is 81.4 cm³/mol. The van der Waals surface area contributed by atoms with E-state index in [1.807, 2.05) is 60.7 Å². The lowest BCUT2D eigenvalue weighted by atomic mass is 9.74. The van der Waals surface area contributed by atoms with E-state index in [9.17, 15) is 15.0 Å². The van der Waals surface area contributed by atoms with Crippen molar-refractivity contribution in [2.45, 2.75) is 5.41 Å². The molecule has 0 spiro atoms. The van der Waals surface area contributed by atoms with E-state index >= 15 is 0 Å². The quantitative estimate of drug-likeness (QED) is 0.887. The number of carbonyl (C=O) groups is 1. The average molecular weight is 285 g/mol. The van der Waals surface area contributed by atoms with Gasteiger partial charge in [-0.05, 0) is 11.1 Å². The van der Waals surface area contributed by atoms with Crippen LogP contribution in [0.4, 0.5) is 4.79 Å². The Labute approximate surface area is 124 Å². The van der Waals surface area contributed by atoms with Crippen LogP contribution < -0.4 is 0 Å². The second kappa shape index (κ2) is 6.41. The zero-order valence-corrected chi connectivity index (χ0v) is 11.9. The highest BCUT2D eigenvalue weighted by Crippen LogP contribution is 2.32. The number of carboxylic acid groups (broad SMARTS) is 1. The van der Waals surface area contributed by atoms with Gasteiger partial charge in [-0.3, -0.25) is 0 Å². The largest absolute Gasteiger partial charge is 0.465 e. The smallest absolute Gasteiger partial charge is 0.407 e. The van der Waals surface area contributed by atoms with Crippen molar-refractivity contribution in [2.24, 2.45) is 0 Å². The molecule has 0 atom stereocenters. The maximum absolute atomic E-state index is 11.2. The molecule has 0 unspecified atom stereocenters. The van der Waals surface area contributed by atoms with Crippen molar-refractivity contribution in [3.8, 4) is 0 Å². The average Bonchev–Trinajstić information content (AvgIpc) is 2.54. The summed E-state index contributed by atoms with van der Waals surface area (Å²) in [6, 6.07) is 19.0. The number of amides is 1. The van der Waals surface area contributed by atoms with Crippen molar-refractivity contribution < 1.29 is 15.0 Å². The lowest BCUT2D eigenvalue weighted by molar-refractivity contribution is 0.133. The van der Waals surface area contributed by atoms with E-state index in [1.165, 1.54) is 11.9 Å². The van der Waals surface area contributed by atoms with E-state index in [0.717, 1.165) is 11.1 Å². The van der Waals surface area contributed by atoms with Crippen LogP contribution in [-0.4, -0.2) is 41.4 Å². The highest BCUT2D eigenvalue weighted by atomic mass is 16.4. The van der Waals surface area contributed by atoms with E-state index in [4.69, 9.17) is 0 Å². The van der Waals surface area contributed by atoms with Gasteiger partial charge in [0.05, 0.1) is 12.0 Å². The Morgan fingerprint density at radius 3 is 1.76 bits per heavy atom. The summed E-state index contributed by atoms with van der Waals surface area (Å²) in [5, 5.41) is 19.3. The van der Waals surface area contributed by atoms with Gasteiger partial charge in [0, 0.05) is 13.6 Å². The minimum Gasteiger partial charge on any atom is -0.465 e. The first kappa shape index (κ1) is 15.1. The molecule has 1 amide bonds. The van der Waals surface area contributed by atoms with Crippen LogP contribution in [-0.2, 0) is 5.41 Å². The van der Waals surface area contributed by atoms with Crippen molar-refractivity contribution in [1.82, 2.24) is 4.90 Å². The minimum absolute atomic E-state index is 0.168. The number of aliphatic hydroxyl groups excluding tert-OH is 1. The van der Waals surface area contributed by atoms with E-state index in [2.05, 4.69) is 0 Å². The molecule has 2 aromatic carbocycles. The van der Waals surface area contributed by atoms with Gasteiger partial charge in [0.2, 0.25) is 0 Å². The summed E-state index contributed by atoms with van der Waals surface area (Å²) in [6.07, 6.45) is -1.01. The molecule has 110 valence electrons. The van der Waals surface area contributed by atoms with Crippen molar-refractivity contribution in [3.63, 3.8) is 0 Å². The molecule has 4 heteroatoms. The van der Waals surface area contributed by atoms with E-state index < -0.39 is 11.5 Å². The first-order valence-electron chi connectivity index (χ1n) is 6.76. The summed E-state index contributed by atoms with van der Waals surface area (Å²) in [4.78, 5) is 12.4. The second-order valence-corrected chi connectivity index (χ2v) is 5.11. The molecule has 0 heterocycles. The maximum atomic E-state index is 11.2. The van der Waals surface area contributed by atoms with Gasteiger partial charge in [-0.2, -0.15) is 0 Å². The van der Waals surface area contributed by atoms with Crippen LogP contribution >= 0.6 is 0 Å². The Kier molecular flexibility index (Phi) is 4.60. The number of nitrogens with zero attached hydrogens (tertiary/aromatic N) is 1. The summed E-state index contributed by atoms with van der Waals surface area (Å²) >= 11 is 0. The molecular formula is C17H19NO3. The Hall–Kier alpha value is -2.33. The Balaban J connectivity index is 2.54. The number of rotatable bonds is 5. The van der Waals surface area contributed by atoms with Gasteiger partial charge in [0.1, 0.15) is 0 Å². The molecular weight excluding hydrogens is 266 g/mol. The Bertz CT molecular complexity index is 544. The highest BCUT2D eigenvalue weighted by Gasteiger charge is 2.36. The van der Waals surface area contributed by atoms with Crippen molar-refractivity contribution in [3.05, 3.63) is 71.8 Å². The topological polar surface area (TPSA) is 60.8 Å². The van der Waals surface area contributed by atoms with Crippen LogP contribution in [0.2, 0.25) is 0 Å². The van der Waals surface area contributed by atoms with Gasteiger partial charge < -0.3 is 15.1 Å². The SMILES string of the molecule is CN(CC(CO)(c1ccccc1)c1ccccc1)C(=O)O. The lowest BCUT2D eigenvalue weighted by Crippen LogP contribution is -2.44. The number of likely N-dealkylation sites (N-methyl/N-ethyl adjacent to an activating group) is 1. The van der Waals surface area contributed by atoms with Gasteiger partial charge in [-0.1, -0.05) is 60.7 Å². The third-order valence-electron chi connectivity index (χ3n) is 3.76. The van der Waals surface area contributed by atoms with Crippen LogP contribution in [0.3, 0.4) is 0 Å². The summed E-state index contributed by atoms with van der Waals surface area (Å²) < 4.78 is 0. The number of hydrogen-bond acceptors (Lipinski definition) is 2. The fourth-order valence-corrected chi connectivity index (χ4v) is 2.57. The van der Waals surface area contributed by atoms with Crippen LogP contribution in [0.15, 0.2) is 60.7 Å². The highest BCUT2D eigenvalue weighted by molar-refractivity contribution is 5.65. The fraction of sp³-hybridized carbons (Fsp3) is 0.235. The fourth-order valence-electron chi connectivity index (χ4n) is 2.57. The summed E-state index contributed by atoms with van der Waals surface area (Å²) in [6.45, 7) is 0.0194. The molecule has 0 radical (unpaired) electrons. The molecule has 0 saturated carbocycles. The molecule has 0 aliphatic rings. The number of benzene rings is 2. The standard InChI is InChI=1S/C17H19NO3/c1-18(16(20)21)12-17(13-19,14-8-4-2-5-9-14)15-10-6-3-7-11-15/h2-11,19H,12-13H2,1H3,(H,20,21). The maximum Gasteiger partial charge on any atom is 0.407 e. The van der Waals surface area contributed by atoms with E-state index in [1.54, 1.807) is 0 Å². The molecule has 0 aliphatic carbocycles. The molecule has 2 rings (SSSR count). The molecule has 0 aromatic heterocycles. The van der Waals surface area contributed by atoms with Crippen LogP contribution in [0.1, 0.15) is 11.1 Å². The van der Waals surface area contributed by atoms with Crippen molar-refractivity contribution in [2.75, 3.05) is 20.2 Å². The second-order valence-electron chi connectivity index (χ2n) is 5.11. The monoisotopic (exact) mass is 285 g/mol. The van der Waals surface area contributed by atoms with Crippen LogP contribution in [0.25, 0.3) is 0 Å². The first-order chi connectivity index (χ1) is 10.1.